The van der Waals surface area contributed by atoms with Crippen molar-refractivity contribution >= 4 is 34.4 Å². The second-order valence-corrected chi connectivity index (χ2v) is 10.3. The fourth-order valence-electron chi connectivity index (χ4n) is 4.49. The molecule has 0 heterocycles. The molecule has 0 saturated carbocycles. The van der Waals surface area contributed by atoms with E-state index in [0.717, 1.165) is 67.5 Å². The normalized spacial score (nSPS) is 11.3. The molecule has 0 atom stereocenters. The zero-order valence-corrected chi connectivity index (χ0v) is 26.1. The number of azo groups is 2. The van der Waals surface area contributed by atoms with Crippen LogP contribution in [0.25, 0.3) is 0 Å². The van der Waals surface area contributed by atoms with Gasteiger partial charge in [-0.15, -0.1) is 0 Å². The van der Waals surface area contributed by atoms with Crippen LogP contribution in [0, 0.1) is 0 Å². The molecule has 0 N–H and O–H groups in total. The number of rotatable bonds is 20. The molecule has 3 aromatic carbocycles. The zero-order chi connectivity index (χ0) is 30.5. The summed E-state index contributed by atoms with van der Waals surface area (Å²) in [5.74, 6) is 0.745. The molecule has 0 aliphatic carbocycles. The van der Waals surface area contributed by atoms with E-state index in [-0.39, 0.29) is 5.97 Å². The summed E-state index contributed by atoms with van der Waals surface area (Å²) in [5.41, 5.74) is 4.29. The van der Waals surface area contributed by atoms with Crippen molar-refractivity contribution in [1.82, 2.24) is 0 Å². The minimum absolute atomic E-state index is 0.102. The molecule has 0 unspecified atom stereocenters. The summed E-state index contributed by atoms with van der Waals surface area (Å²) >= 11 is 0. The second kappa shape index (κ2) is 19.9. The molecule has 0 aromatic heterocycles. The Kier molecular flexibility index (Phi) is 15.5. The average molecular weight is 586 g/mol. The maximum absolute atomic E-state index is 11.1. The largest absolute Gasteiger partial charge is 0.494 e. The minimum Gasteiger partial charge on any atom is -0.494 e. The lowest BCUT2D eigenvalue weighted by molar-refractivity contribution is -0.143. The molecule has 0 aliphatic heterocycles. The average Bonchev–Trinajstić information content (AvgIpc) is 3.05. The molecule has 0 spiro atoms. The van der Waals surface area contributed by atoms with Crippen LogP contribution in [0.2, 0.25) is 0 Å². The van der Waals surface area contributed by atoms with Gasteiger partial charge in [0.2, 0.25) is 0 Å². The van der Waals surface area contributed by atoms with Crippen LogP contribution in [0.5, 0.6) is 5.75 Å². The summed E-state index contributed by atoms with van der Waals surface area (Å²) in [6.45, 7) is 9.36. The van der Waals surface area contributed by atoms with E-state index in [1.807, 2.05) is 67.6 Å². The fraction of sp³-hybridized carbons (Fsp3) is 0.457. The van der Waals surface area contributed by atoms with E-state index < -0.39 is 0 Å². The Morgan fingerprint density at radius 3 is 1.40 bits per heavy atom. The van der Waals surface area contributed by atoms with Crippen LogP contribution in [-0.4, -0.2) is 32.3 Å². The molecule has 0 fully saturated rings. The number of hydrogen-bond donors (Lipinski definition) is 0. The number of unbranched alkanes of at least 4 members (excludes halogenated alkanes) is 7. The molecule has 230 valence electrons. The van der Waals surface area contributed by atoms with Gasteiger partial charge in [0.25, 0.3) is 0 Å². The van der Waals surface area contributed by atoms with Gasteiger partial charge in [0.15, 0.2) is 0 Å². The first kappa shape index (κ1) is 33.4. The van der Waals surface area contributed by atoms with Gasteiger partial charge in [-0.2, -0.15) is 20.5 Å². The summed E-state index contributed by atoms with van der Waals surface area (Å²) in [5, 5.41) is 17.4. The van der Waals surface area contributed by atoms with Crippen molar-refractivity contribution in [1.29, 1.82) is 0 Å². The third-order valence-electron chi connectivity index (χ3n) is 7.09. The van der Waals surface area contributed by atoms with Crippen molar-refractivity contribution in [2.24, 2.45) is 20.5 Å². The van der Waals surface area contributed by atoms with Crippen molar-refractivity contribution in [3.63, 3.8) is 0 Å². The first-order valence-corrected chi connectivity index (χ1v) is 15.8. The summed E-state index contributed by atoms with van der Waals surface area (Å²) in [6.07, 6.45) is 9.68. The quantitative estimate of drug-likeness (QED) is 0.0749. The molecule has 0 amide bonds. The summed E-state index contributed by atoms with van der Waals surface area (Å²) < 4.78 is 11.0. The van der Waals surface area contributed by atoms with Gasteiger partial charge >= 0.3 is 5.97 Å². The molecule has 3 rings (SSSR count). The van der Waals surface area contributed by atoms with Crippen LogP contribution in [0.1, 0.15) is 78.6 Å². The van der Waals surface area contributed by atoms with E-state index in [9.17, 15) is 4.79 Å². The van der Waals surface area contributed by atoms with Gasteiger partial charge in [0.05, 0.1) is 36.0 Å². The van der Waals surface area contributed by atoms with Crippen LogP contribution >= 0.6 is 0 Å². The van der Waals surface area contributed by atoms with E-state index in [1.165, 1.54) is 37.8 Å². The van der Waals surface area contributed by atoms with Gasteiger partial charge < -0.3 is 14.4 Å². The summed E-state index contributed by atoms with van der Waals surface area (Å²) in [7, 11) is 0. The highest BCUT2D eigenvalue weighted by Gasteiger charge is 2.02. The van der Waals surface area contributed by atoms with Gasteiger partial charge in [0.1, 0.15) is 5.75 Å². The first-order valence-electron chi connectivity index (χ1n) is 15.8. The van der Waals surface area contributed by atoms with Crippen molar-refractivity contribution in [2.45, 2.75) is 78.6 Å². The number of nitrogens with zero attached hydrogens (tertiary/aromatic N) is 5. The standard InChI is InChI=1S/C35H47N5O3/c1-4-35(41)43-28-14-12-10-8-7-9-11-13-27-42-34-25-21-32(22-26-34)39-37-30-17-15-29(16-18-30)36-38-31-19-23-33(24-20-31)40(5-2)6-3/h15-26H,4-14,27-28H2,1-3H3. The van der Waals surface area contributed by atoms with Crippen LogP contribution in [-0.2, 0) is 9.53 Å². The Morgan fingerprint density at radius 2 is 0.953 bits per heavy atom. The van der Waals surface area contributed by atoms with Crippen molar-refractivity contribution in [3.8, 4) is 5.75 Å². The molecule has 0 aliphatic rings. The maximum atomic E-state index is 11.1. The zero-order valence-electron chi connectivity index (χ0n) is 26.1. The molecule has 8 heteroatoms. The fourth-order valence-corrected chi connectivity index (χ4v) is 4.49. The SMILES string of the molecule is CCC(=O)OCCCCCCCCCCOc1ccc(N=Nc2ccc(N=Nc3ccc(N(CC)CC)cc3)cc2)cc1. The number of anilines is 1. The third-order valence-corrected chi connectivity index (χ3v) is 7.09. The Morgan fingerprint density at radius 1 is 0.558 bits per heavy atom. The smallest absolute Gasteiger partial charge is 0.305 e. The number of benzene rings is 3. The predicted molar refractivity (Wildman–Crippen MR) is 175 cm³/mol. The molecular weight excluding hydrogens is 538 g/mol. The Balaban J connectivity index is 1.29. The van der Waals surface area contributed by atoms with Crippen LogP contribution in [0.3, 0.4) is 0 Å². The lowest BCUT2D eigenvalue weighted by Gasteiger charge is -2.20. The Labute approximate surface area is 257 Å². The molecule has 8 nitrogen and oxygen atoms in total. The Hall–Kier alpha value is -4.07. The summed E-state index contributed by atoms with van der Waals surface area (Å²) in [4.78, 5) is 13.4. The molecule has 0 saturated heterocycles. The lowest BCUT2D eigenvalue weighted by atomic mass is 10.1. The van der Waals surface area contributed by atoms with Crippen molar-refractivity contribution in [3.05, 3.63) is 72.8 Å². The predicted octanol–water partition coefficient (Wildman–Crippen LogP) is 10.8. The highest BCUT2D eigenvalue weighted by molar-refractivity contribution is 5.68. The number of hydrogen-bond acceptors (Lipinski definition) is 8. The number of carbonyl (C=O) groups excluding carboxylic acids is 1. The van der Waals surface area contributed by atoms with Gasteiger partial charge in [0, 0.05) is 25.2 Å². The van der Waals surface area contributed by atoms with E-state index in [1.54, 1.807) is 0 Å². The lowest BCUT2D eigenvalue weighted by Crippen LogP contribution is -2.21. The van der Waals surface area contributed by atoms with Crippen LogP contribution in [0.15, 0.2) is 93.3 Å². The van der Waals surface area contributed by atoms with Gasteiger partial charge in [-0.05, 0) is 99.5 Å². The highest BCUT2D eigenvalue weighted by atomic mass is 16.5. The van der Waals surface area contributed by atoms with Crippen LogP contribution in [0.4, 0.5) is 28.4 Å². The minimum atomic E-state index is -0.102. The van der Waals surface area contributed by atoms with E-state index in [4.69, 9.17) is 9.47 Å². The third kappa shape index (κ3) is 13.2. The van der Waals surface area contributed by atoms with Crippen LogP contribution < -0.4 is 9.64 Å². The van der Waals surface area contributed by atoms with E-state index in [0.29, 0.717) is 13.0 Å². The molecule has 3 aromatic rings. The number of esters is 1. The van der Waals surface area contributed by atoms with Crippen molar-refractivity contribution in [2.75, 3.05) is 31.2 Å². The van der Waals surface area contributed by atoms with E-state index >= 15 is 0 Å². The molecule has 43 heavy (non-hydrogen) atoms. The van der Waals surface area contributed by atoms with Gasteiger partial charge in [-0.3, -0.25) is 4.79 Å². The Bertz CT molecular complexity index is 1240. The first-order chi connectivity index (χ1) is 21.1. The van der Waals surface area contributed by atoms with Gasteiger partial charge in [-0.25, -0.2) is 0 Å². The van der Waals surface area contributed by atoms with Gasteiger partial charge in [-0.1, -0.05) is 45.4 Å². The molecule has 0 bridgehead atoms. The molecular formula is C35H47N5O3. The monoisotopic (exact) mass is 585 g/mol. The van der Waals surface area contributed by atoms with Crippen molar-refractivity contribution < 1.29 is 14.3 Å². The maximum Gasteiger partial charge on any atom is 0.305 e. The summed E-state index contributed by atoms with van der Waals surface area (Å²) in [6, 6.07) is 23.4. The highest BCUT2D eigenvalue weighted by Crippen LogP contribution is 2.25. The number of carbonyl (C=O) groups is 1. The topological polar surface area (TPSA) is 88.2 Å². The van der Waals surface area contributed by atoms with E-state index in [2.05, 4.69) is 51.3 Å². The number of ether oxygens (including phenoxy) is 2. The molecule has 0 radical (unpaired) electrons. The second-order valence-electron chi connectivity index (χ2n) is 10.3.